The summed E-state index contributed by atoms with van der Waals surface area (Å²) in [7, 11) is 0. The molecule has 94 valence electrons. The van der Waals surface area contributed by atoms with E-state index in [1.165, 1.54) is 6.42 Å². The van der Waals surface area contributed by atoms with Crippen LogP contribution in [0.5, 0.6) is 0 Å². The SMILES string of the molecule is OC[C@H]1OC[C@@H](N2CCCCC2)[C@@H](O)[C@H]1O. The number of piperidine rings is 1. The summed E-state index contributed by atoms with van der Waals surface area (Å²) in [6.07, 6.45) is 1.08. The summed E-state index contributed by atoms with van der Waals surface area (Å²) >= 11 is 0. The quantitative estimate of drug-likeness (QED) is 0.566. The number of aliphatic hydroxyl groups excluding tert-OH is 3. The number of hydrogen-bond acceptors (Lipinski definition) is 5. The highest BCUT2D eigenvalue weighted by Gasteiger charge is 2.40. The van der Waals surface area contributed by atoms with Gasteiger partial charge in [0.05, 0.1) is 19.3 Å². The van der Waals surface area contributed by atoms with Gasteiger partial charge >= 0.3 is 0 Å². The molecular weight excluding hydrogens is 210 g/mol. The lowest BCUT2D eigenvalue weighted by atomic mass is 9.95. The van der Waals surface area contributed by atoms with Crippen molar-refractivity contribution in [1.29, 1.82) is 0 Å². The number of aliphatic hydroxyl groups is 3. The Labute approximate surface area is 95.6 Å². The Morgan fingerprint density at radius 3 is 2.38 bits per heavy atom. The second-order valence-electron chi connectivity index (χ2n) is 4.70. The number of rotatable bonds is 2. The molecule has 0 amide bonds. The molecule has 16 heavy (non-hydrogen) atoms. The van der Waals surface area contributed by atoms with E-state index in [1.807, 2.05) is 0 Å². The lowest BCUT2D eigenvalue weighted by Gasteiger charge is -2.43. The van der Waals surface area contributed by atoms with Crippen LogP contribution in [0.25, 0.3) is 0 Å². The van der Waals surface area contributed by atoms with Crippen molar-refractivity contribution in [2.24, 2.45) is 0 Å². The molecule has 3 N–H and O–H groups in total. The van der Waals surface area contributed by atoms with Gasteiger partial charge in [-0.15, -0.1) is 0 Å². The molecule has 0 aromatic heterocycles. The predicted octanol–water partition coefficient (Wildman–Crippen LogP) is -1.05. The Hall–Kier alpha value is -0.200. The van der Waals surface area contributed by atoms with Gasteiger partial charge in [0.2, 0.25) is 0 Å². The molecule has 2 aliphatic heterocycles. The third-order valence-electron chi connectivity index (χ3n) is 3.65. The third-order valence-corrected chi connectivity index (χ3v) is 3.65. The summed E-state index contributed by atoms with van der Waals surface area (Å²) in [5.74, 6) is 0. The minimum Gasteiger partial charge on any atom is -0.394 e. The average Bonchev–Trinajstić information content (AvgIpc) is 2.34. The van der Waals surface area contributed by atoms with Crippen LogP contribution in [0.3, 0.4) is 0 Å². The summed E-state index contributed by atoms with van der Waals surface area (Å²) in [5, 5.41) is 28.8. The van der Waals surface area contributed by atoms with E-state index < -0.39 is 18.3 Å². The zero-order valence-corrected chi connectivity index (χ0v) is 9.46. The summed E-state index contributed by atoms with van der Waals surface area (Å²) < 4.78 is 5.37. The minimum atomic E-state index is -0.981. The Kier molecular flexibility index (Phi) is 4.16. The molecule has 2 saturated heterocycles. The lowest BCUT2D eigenvalue weighted by Crippen LogP contribution is -2.60. The molecule has 0 spiro atoms. The van der Waals surface area contributed by atoms with Crippen molar-refractivity contribution in [3.63, 3.8) is 0 Å². The molecule has 2 rings (SSSR count). The van der Waals surface area contributed by atoms with Crippen molar-refractivity contribution < 1.29 is 20.1 Å². The van der Waals surface area contributed by atoms with Gasteiger partial charge in [0.25, 0.3) is 0 Å². The molecule has 5 heteroatoms. The van der Waals surface area contributed by atoms with E-state index in [1.54, 1.807) is 0 Å². The largest absolute Gasteiger partial charge is 0.394 e. The first kappa shape index (κ1) is 12.3. The van der Waals surface area contributed by atoms with Gasteiger partial charge in [0.1, 0.15) is 18.3 Å². The zero-order valence-electron chi connectivity index (χ0n) is 9.46. The van der Waals surface area contributed by atoms with E-state index in [4.69, 9.17) is 9.84 Å². The summed E-state index contributed by atoms with van der Waals surface area (Å²) in [6.45, 7) is 2.07. The van der Waals surface area contributed by atoms with Crippen molar-refractivity contribution in [1.82, 2.24) is 4.90 Å². The molecule has 5 nitrogen and oxygen atoms in total. The maximum atomic E-state index is 10.0. The van der Waals surface area contributed by atoms with Crippen LogP contribution >= 0.6 is 0 Å². The Morgan fingerprint density at radius 2 is 1.75 bits per heavy atom. The van der Waals surface area contributed by atoms with E-state index in [0.29, 0.717) is 6.61 Å². The zero-order chi connectivity index (χ0) is 11.5. The van der Waals surface area contributed by atoms with E-state index in [-0.39, 0.29) is 12.6 Å². The molecule has 2 aliphatic rings. The first-order valence-electron chi connectivity index (χ1n) is 6.06. The van der Waals surface area contributed by atoms with Crippen LogP contribution < -0.4 is 0 Å². The summed E-state index contributed by atoms with van der Waals surface area (Å²) in [4.78, 5) is 2.19. The third kappa shape index (κ3) is 2.38. The highest BCUT2D eigenvalue weighted by atomic mass is 16.5. The molecule has 0 radical (unpaired) electrons. The maximum Gasteiger partial charge on any atom is 0.110 e. The van der Waals surface area contributed by atoms with Crippen LogP contribution in [0.4, 0.5) is 0 Å². The molecular formula is C11H21NO4. The van der Waals surface area contributed by atoms with Crippen LogP contribution in [0.15, 0.2) is 0 Å². The fraction of sp³-hybridized carbons (Fsp3) is 1.00. The molecule has 0 saturated carbocycles. The molecule has 2 heterocycles. The topological polar surface area (TPSA) is 73.2 Å². The van der Waals surface area contributed by atoms with Crippen molar-refractivity contribution in [3.8, 4) is 0 Å². The van der Waals surface area contributed by atoms with E-state index in [2.05, 4.69) is 4.90 Å². The second-order valence-corrected chi connectivity index (χ2v) is 4.70. The Morgan fingerprint density at radius 1 is 1.06 bits per heavy atom. The van der Waals surface area contributed by atoms with Crippen LogP contribution in [0, 0.1) is 0 Å². The van der Waals surface area contributed by atoms with Gasteiger partial charge < -0.3 is 20.1 Å². The van der Waals surface area contributed by atoms with Crippen LogP contribution in [0.2, 0.25) is 0 Å². The number of nitrogens with zero attached hydrogens (tertiary/aromatic N) is 1. The summed E-state index contributed by atoms with van der Waals surface area (Å²) in [6, 6.07) is -0.127. The van der Waals surface area contributed by atoms with Crippen molar-refractivity contribution in [3.05, 3.63) is 0 Å². The highest BCUT2D eigenvalue weighted by molar-refractivity contribution is 4.92. The van der Waals surface area contributed by atoms with Gasteiger partial charge in [-0.25, -0.2) is 0 Å². The van der Waals surface area contributed by atoms with Gasteiger partial charge in [0, 0.05) is 0 Å². The molecule has 0 unspecified atom stereocenters. The van der Waals surface area contributed by atoms with Crippen molar-refractivity contribution >= 4 is 0 Å². The molecule has 0 aromatic carbocycles. The fourth-order valence-corrected chi connectivity index (χ4v) is 2.60. The maximum absolute atomic E-state index is 10.0. The number of ether oxygens (including phenoxy) is 1. The monoisotopic (exact) mass is 231 g/mol. The molecule has 4 atom stereocenters. The number of likely N-dealkylation sites (tertiary alicyclic amines) is 1. The van der Waals surface area contributed by atoms with E-state index in [0.717, 1.165) is 25.9 Å². The number of hydrogen-bond donors (Lipinski definition) is 3. The molecule has 0 aromatic rings. The smallest absolute Gasteiger partial charge is 0.110 e. The predicted molar refractivity (Wildman–Crippen MR) is 58.1 cm³/mol. The summed E-state index contributed by atoms with van der Waals surface area (Å²) in [5.41, 5.74) is 0. The van der Waals surface area contributed by atoms with Gasteiger partial charge in [0.15, 0.2) is 0 Å². The first-order chi connectivity index (χ1) is 7.74. The average molecular weight is 231 g/mol. The normalized spacial score (nSPS) is 42.2. The minimum absolute atomic E-state index is 0.127. The fourth-order valence-electron chi connectivity index (χ4n) is 2.60. The van der Waals surface area contributed by atoms with Crippen LogP contribution in [-0.4, -0.2) is 70.9 Å². The van der Waals surface area contributed by atoms with Gasteiger partial charge in [-0.1, -0.05) is 6.42 Å². The van der Waals surface area contributed by atoms with Crippen LogP contribution in [-0.2, 0) is 4.74 Å². The molecule has 0 aliphatic carbocycles. The van der Waals surface area contributed by atoms with Crippen molar-refractivity contribution in [2.75, 3.05) is 26.3 Å². The lowest BCUT2D eigenvalue weighted by molar-refractivity contribution is -0.182. The van der Waals surface area contributed by atoms with E-state index >= 15 is 0 Å². The van der Waals surface area contributed by atoms with Crippen molar-refractivity contribution in [2.45, 2.75) is 43.6 Å². The molecule has 2 fully saturated rings. The van der Waals surface area contributed by atoms with E-state index in [9.17, 15) is 10.2 Å². The molecule has 0 bridgehead atoms. The highest BCUT2D eigenvalue weighted by Crippen LogP contribution is 2.22. The van der Waals surface area contributed by atoms with Gasteiger partial charge in [-0.2, -0.15) is 0 Å². The Bertz CT molecular complexity index is 220. The standard InChI is InChI=1S/C11H21NO4/c13-6-9-11(15)10(14)8(7-16-9)12-4-2-1-3-5-12/h8-11,13-15H,1-7H2/t8-,9-,10-,11+/m1/s1. The first-order valence-corrected chi connectivity index (χ1v) is 6.06. The van der Waals surface area contributed by atoms with Gasteiger partial charge in [-0.3, -0.25) is 4.90 Å². The Balaban J connectivity index is 1.95. The van der Waals surface area contributed by atoms with Crippen LogP contribution in [0.1, 0.15) is 19.3 Å². The second kappa shape index (κ2) is 5.42. The van der Waals surface area contributed by atoms with Gasteiger partial charge in [-0.05, 0) is 25.9 Å².